The van der Waals surface area contributed by atoms with Gasteiger partial charge in [0.15, 0.2) is 0 Å². The van der Waals surface area contributed by atoms with Crippen molar-refractivity contribution in [3.63, 3.8) is 0 Å². The summed E-state index contributed by atoms with van der Waals surface area (Å²) in [6, 6.07) is 1.79. The minimum atomic E-state index is -0.612. The summed E-state index contributed by atoms with van der Waals surface area (Å²) in [4.78, 5) is 11.4. The van der Waals surface area contributed by atoms with Crippen LogP contribution in [0.3, 0.4) is 0 Å². The normalized spacial score (nSPS) is 17.9. The van der Waals surface area contributed by atoms with Crippen LogP contribution in [0.25, 0.3) is 0 Å². The van der Waals surface area contributed by atoms with E-state index in [0.29, 0.717) is 6.54 Å². The van der Waals surface area contributed by atoms with Gasteiger partial charge in [0.25, 0.3) is 0 Å². The van der Waals surface area contributed by atoms with E-state index in [4.69, 9.17) is 10.3 Å². The van der Waals surface area contributed by atoms with E-state index in [-0.39, 0.29) is 5.91 Å². The highest BCUT2D eigenvalue weighted by Crippen LogP contribution is 2.32. The zero-order chi connectivity index (χ0) is 10.2. The lowest BCUT2D eigenvalue weighted by Crippen LogP contribution is -2.42. The fourth-order valence-electron chi connectivity index (χ4n) is 1.21. The molecule has 1 amide bonds. The smallest absolute Gasteiger partial charge is 0.240 e. The van der Waals surface area contributed by atoms with Crippen molar-refractivity contribution in [2.24, 2.45) is 5.73 Å². The van der Waals surface area contributed by atoms with Gasteiger partial charge < -0.3 is 15.6 Å². The van der Waals surface area contributed by atoms with Crippen molar-refractivity contribution >= 4 is 5.91 Å². The Kier molecular flexibility index (Phi) is 2.03. The number of amides is 1. The Balaban J connectivity index is 1.85. The van der Waals surface area contributed by atoms with Crippen LogP contribution in [0.4, 0.5) is 0 Å². The maximum Gasteiger partial charge on any atom is 0.240 e. The summed E-state index contributed by atoms with van der Waals surface area (Å²) < 4.78 is 4.87. The molecule has 0 atom stereocenters. The van der Waals surface area contributed by atoms with Gasteiger partial charge in [-0.3, -0.25) is 4.79 Å². The van der Waals surface area contributed by atoms with E-state index >= 15 is 0 Å². The van der Waals surface area contributed by atoms with E-state index in [0.717, 1.165) is 24.3 Å². The van der Waals surface area contributed by atoms with Crippen molar-refractivity contribution in [1.29, 1.82) is 0 Å². The summed E-state index contributed by atoms with van der Waals surface area (Å²) in [5, 5.41) is 6.49. The molecule has 1 saturated carbocycles. The van der Waals surface area contributed by atoms with Crippen LogP contribution in [0.15, 0.2) is 10.6 Å². The van der Waals surface area contributed by atoms with E-state index in [9.17, 15) is 4.79 Å². The molecular formula is C9H13N3O2. The molecule has 1 aromatic rings. The first-order valence-electron chi connectivity index (χ1n) is 4.59. The number of rotatable bonds is 3. The third-order valence-corrected chi connectivity index (χ3v) is 2.35. The van der Waals surface area contributed by atoms with Crippen molar-refractivity contribution in [2.75, 3.05) is 0 Å². The van der Waals surface area contributed by atoms with Gasteiger partial charge in [-0.2, -0.15) is 0 Å². The van der Waals surface area contributed by atoms with E-state index < -0.39 is 5.54 Å². The van der Waals surface area contributed by atoms with Crippen LogP contribution in [0.1, 0.15) is 24.3 Å². The van der Waals surface area contributed by atoms with Crippen molar-refractivity contribution in [1.82, 2.24) is 10.5 Å². The number of carbonyl (C=O) groups excluding carboxylic acids is 1. The quantitative estimate of drug-likeness (QED) is 0.716. The molecule has 0 radical (unpaired) electrons. The number of hydrogen-bond acceptors (Lipinski definition) is 4. The second-order valence-corrected chi connectivity index (χ2v) is 3.77. The van der Waals surface area contributed by atoms with Gasteiger partial charge in [0, 0.05) is 6.07 Å². The predicted octanol–water partition coefficient (Wildman–Crippen LogP) is 0.0905. The van der Waals surface area contributed by atoms with E-state index in [1.807, 2.05) is 6.92 Å². The third kappa shape index (κ3) is 1.77. The minimum Gasteiger partial charge on any atom is -0.361 e. The van der Waals surface area contributed by atoms with Crippen molar-refractivity contribution in [3.8, 4) is 0 Å². The minimum absolute atomic E-state index is 0.0989. The Bertz CT molecular complexity index is 355. The summed E-state index contributed by atoms with van der Waals surface area (Å²) >= 11 is 0. The summed E-state index contributed by atoms with van der Waals surface area (Å²) in [7, 11) is 0. The first-order chi connectivity index (χ1) is 6.60. The molecule has 0 aromatic carbocycles. The van der Waals surface area contributed by atoms with Gasteiger partial charge in [0.2, 0.25) is 5.91 Å². The number of carbonyl (C=O) groups is 1. The number of hydrogen-bond donors (Lipinski definition) is 2. The molecule has 1 aliphatic rings. The van der Waals surface area contributed by atoms with Crippen molar-refractivity contribution < 1.29 is 9.32 Å². The molecule has 76 valence electrons. The summed E-state index contributed by atoms with van der Waals surface area (Å²) in [5.41, 5.74) is 5.81. The Labute approximate surface area is 81.6 Å². The highest BCUT2D eigenvalue weighted by atomic mass is 16.5. The number of nitrogens with one attached hydrogen (secondary N) is 1. The highest BCUT2D eigenvalue weighted by molar-refractivity contribution is 5.88. The molecular weight excluding hydrogens is 182 g/mol. The summed E-state index contributed by atoms with van der Waals surface area (Å²) in [6.45, 7) is 2.19. The van der Waals surface area contributed by atoms with Crippen LogP contribution in [0.2, 0.25) is 0 Å². The monoisotopic (exact) mass is 195 g/mol. The maximum atomic E-state index is 11.4. The van der Waals surface area contributed by atoms with Crippen LogP contribution < -0.4 is 11.1 Å². The zero-order valence-electron chi connectivity index (χ0n) is 8.04. The Morgan fingerprint density at radius 1 is 1.79 bits per heavy atom. The lowest BCUT2D eigenvalue weighted by Gasteiger charge is -2.07. The average molecular weight is 195 g/mol. The topological polar surface area (TPSA) is 81.2 Å². The lowest BCUT2D eigenvalue weighted by molar-refractivity contribution is -0.123. The van der Waals surface area contributed by atoms with Crippen LogP contribution in [-0.4, -0.2) is 16.6 Å². The Morgan fingerprint density at radius 2 is 2.50 bits per heavy atom. The molecule has 5 nitrogen and oxygen atoms in total. The molecule has 2 rings (SSSR count). The van der Waals surface area contributed by atoms with Gasteiger partial charge in [-0.1, -0.05) is 5.16 Å². The average Bonchev–Trinajstić information content (AvgIpc) is 2.76. The molecule has 0 bridgehead atoms. The predicted molar refractivity (Wildman–Crippen MR) is 49.2 cm³/mol. The molecule has 1 heterocycles. The standard InChI is InChI=1S/C9H13N3O2/c1-6-4-7(12-14-6)5-11-8(13)9(10)2-3-9/h4H,2-3,5,10H2,1H3,(H,11,13). The number of aryl methyl sites for hydroxylation is 1. The fourth-order valence-corrected chi connectivity index (χ4v) is 1.21. The first kappa shape index (κ1) is 9.21. The second-order valence-electron chi connectivity index (χ2n) is 3.77. The lowest BCUT2D eigenvalue weighted by atomic mass is 10.2. The number of nitrogens with two attached hydrogens (primary N) is 1. The van der Waals surface area contributed by atoms with Crippen LogP contribution in [0, 0.1) is 6.92 Å². The van der Waals surface area contributed by atoms with E-state index in [1.54, 1.807) is 6.07 Å². The Morgan fingerprint density at radius 3 is 3.00 bits per heavy atom. The van der Waals surface area contributed by atoms with Crippen molar-refractivity contribution in [2.45, 2.75) is 31.8 Å². The van der Waals surface area contributed by atoms with Gasteiger partial charge in [-0.05, 0) is 19.8 Å². The summed E-state index contributed by atoms with van der Waals surface area (Å²) in [5.74, 6) is 0.640. The van der Waals surface area contributed by atoms with Crippen LogP contribution >= 0.6 is 0 Å². The third-order valence-electron chi connectivity index (χ3n) is 2.35. The first-order valence-corrected chi connectivity index (χ1v) is 4.59. The van der Waals surface area contributed by atoms with E-state index in [1.165, 1.54) is 0 Å². The molecule has 0 spiro atoms. The van der Waals surface area contributed by atoms with E-state index in [2.05, 4.69) is 10.5 Å². The molecule has 14 heavy (non-hydrogen) atoms. The van der Waals surface area contributed by atoms with Crippen LogP contribution in [-0.2, 0) is 11.3 Å². The molecule has 0 saturated heterocycles. The number of nitrogens with zero attached hydrogens (tertiary/aromatic N) is 1. The highest BCUT2D eigenvalue weighted by Gasteiger charge is 2.45. The van der Waals surface area contributed by atoms with Gasteiger partial charge in [-0.25, -0.2) is 0 Å². The zero-order valence-corrected chi connectivity index (χ0v) is 8.04. The molecule has 0 aliphatic heterocycles. The molecule has 3 N–H and O–H groups in total. The van der Waals surface area contributed by atoms with Gasteiger partial charge in [0.05, 0.1) is 12.1 Å². The molecule has 1 aliphatic carbocycles. The SMILES string of the molecule is Cc1cc(CNC(=O)C2(N)CC2)no1. The maximum absolute atomic E-state index is 11.4. The summed E-state index contributed by atoms with van der Waals surface area (Å²) in [6.07, 6.45) is 1.55. The number of aromatic nitrogens is 1. The van der Waals surface area contributed by atoms with Gasteiger partial charge in [0.1, 0.15) is 11.5 Å². The molecule has 1 aromatic heterocycles. The Hall–Kier alpha value is -1.36. The molecule has 1 fully saturated rings. The largest absolute Gasteiger partial charge is 0.361 e. The fraction of sp³-hybridized carbons (Fsp3) is 0.556. The van der Waals surface area contributed by atoms with Gasteiger partial charge >= 0.3 is 0 Å². The molecule has 5 heteroatoms. The van der Waals surface area contributed by atoms with Crippen molar-refractivity contribution in [3.05, 3.63) is 17.5 Å². The molecule has 0 unspecified atom stereocenters. The second kappa shape index (κ2) is 3.09. The van der Waals surface area contributed by atoms with Crippen LogP contribution in [0.5, 0.6) is 0 Å². The van der Waals surface area contributed by atoms with Gasteiger partial charge in [-0.15, -0.1) is 0 Å².